The molecule has 0 amide bonds. The Bertz CT molecular complexity index is 3100. The zero-order valence-electron chi connectivity index (χ0n) is 57.9. The summed E-state index contributed by atoms with van der Waals surface area (Å²) in [6.45, 7) is 33.6. The first-order chi connectivity index (χ1) is 42.6. The number of rotatable bonds is 27. The van der Waals surface area contributed by atoms with Crippen molar-refractivity contribution in [3.8, 4) is 34.5 Å². The van der Waals surface area contributed by atoms with Crippen LogP contribution in [0.4, 0.5) is 0 Å². The summed E-state index contributed by atoms with van der Waals surface area (Å²) in [6.07, 6.45) is 8.70. The number of phenols is 1. The van der Waals surface area contributed by atoms with E-state index in [1.165, 1.54) is 0 Å². The van der Waals surface area contributed by atoms with E-state index in [4.69, 9.17) is 33.2 Å². The first kappa shape index (κ1) is 71.5. The van der Waals surface area contributed by atoms with Gasteiger partial charge in [0.1, 0.15) is 46.7 Å². The molecule has 14 heteroatoms. The number of aryl methyl sites for hydroxylation is 1. The number of likely N-dealkylation sites (tertiary alicyclic amines) is 2. The lowest BCUT2D eigenvalue weighted by atomic mass is 9.73. The summed E-state index contributed by atoms with van der Waals surface area (Å²) in [5, 5.41) is 11.8. The minimum Gasteiger partial charge on any atom is -0.507 e. The van der Waals surface area contributed by atoms with Gasteiger partial charge >= 0.3 is 23.9 Å². The highest BCUT2D eigenvalue weighted by Gasteiger charge is 2.54. The summed E-state index contributed by atoms with van der Waals surface area (Å²) in [6, 6.07) is 32.0. The third-order valence-electron chi connectivity index (χ3n) is 18.9. The number of carbonyl (C=O) groups excluding carboxylic acids is 4. The van der Waals surface area contributed by atoms with Crippen LogP contribution in [-0.2, 0) is 36.3 Å². The van der Waals surface area contributed by atoms with Gasteiger partial charge in [-0.15, -0.1) is 0 Å². The minimum absolute atomic E-state index is 0.0788. The Hall–Kier alpha value is -6.90. The monoisotopic (exact) mass is 1250 g/mol. The first-order valence-electron chi connectivity index (χ1n) is 33.1. The molecule has 2 saturated heterocycles. The average molecular weight is 1250 g/mol. The van der Waals surface area contributed by atoms with Gasteiger partial charge in [-0.3, -0.25) is 19.4 Å². The third-order valence-corrected chi connectivity index (χ3v) is 18.9. The molecule has 0 spiro atoms. The van der Waals surface area contributed by atoms with Gasteiger partial charge < -0.3 is 38.3 Å². The van der Waals surface area contributed by atoms with Gasteiger partial charge in [0.2, 0.25) is 0 Å². The van der Waals surface area contributed by atoms with Crippen LogP contribution in [0.3, 0.4) is 0 Å². The molecule has 0 unspecified atom stereocenters. The Kier molecular flexibility index (Phi) is 23.4. The van der Waals surface area contributed by atoms with Gasteiger partial charge in [-0.2, -0.15) is 0 Å². The lowest BCUT2D eigenvalue weighted by Gasteiger charge is -2.53. The standard InChI is InChI=1S/C77H106N2O12/c1-53-26-28-55(29-27-53)67(81)88-60-38-40-61(41-39-60)89-68(82)56-30-32-57(33-31-56)85-44-24-20-21-25-45-87-59-36-34-58(35-37-59)86-43-23-19-18-22-42-77(69(83)90-62-49-73(8,9)78(16)74(10,11)50-62,70(84)91-63-51-75(12,13)79(17)76(14,15)52-63)48-54-46-64(71(2,3)4)66(80)65(47-54)72(5,6)7/h26-41,46-47,62-63,80H,18-25,42-45,48-52H2,1-17H3. The van der Waals surface area contributed by atoms with Crippen LogP contribution in [0.25, 0.3) is 0 Å². The van der Waals surface area contributed by atoms with Crippen LogP contribution in [0.1, 0.15) is 223 Å². The number of aromatic hydroxyl groups is 1. The molecule has 2 heterocycles. The predicted octanol–water partition coefficient (Wildman–Crippen LogP) is 16.7. The largest absolute Gasteiger partial charge is 0.507 e. The molecule has 7 rings (SSSR count). The van der Waals surface area contributed by atoms with Crippen molar-refractivity contribution in [1.82, 2.24) is 9.80 Å². The van der Waals surface area contributed by atoms with Crippen LogP contribution in [0.15, 0.2) is 109 Å². The summed E-state index contributed by atoms with van der Waals surface area (Å²) in [7, 11) is 4.26. The van der Waals surface area contributed by atoms with E-state index in [1.54, 1.807) is 60.7 Å². The molecule has 0 radical (unpaired) electrons. The molecule has 0 atom stereocenters. The maximum atomic E-state index is 15.6. The highest BCUT2D eigenvalue weighted by molar-refractivity contribution is 6.00. The normalized spacial score (nSPS) is 17.0. The molecule has 5 aromatic carbocycles. The van der Waals surface area contributed by atoms with Crippen molar-refractivity contribution in [2.24, 2.45) is 5.41 Å². The fourth-order valence-corrected chi connectivity index (χ4v) is 13.0. The molecule has 0 saturated carbocycles. The molecule has 2 fully saturated rings. The average Bonchev–Trinajstić information content (AvgIpc) is 0.778. The molecule has 0 aliphatic carbocycles. The van der Waals surface area contributed by atoms with Crippen LogP contribution in [0, 0.1) is 12.3 Å². The number of unbranched alkanes of at least 4 members (excludes halogenated alkanes) is 6. The number of phenolic OH excluding ortho intramolecular Hbond substituents is 1. The SMILES string of the molecule is Cc1ccc(C(=O)Oc2ccc(OC(=O)c3ccc(OCCCCCCOc4ccc(OCCCCCCC(Cc5cc(C(C)(C)C)c(O)c(C(C)(C)C)c5)(C(=O)OC5CC(C)(C)N(C)C(C)(C)C5)C(=O)OC5CC(C)(C)N(C)C(C)(C)C5)cc4)cc3)cc2)cc1. The molecule has 1 N–H and O–H groups in total. The first-order valence-corrected chi connectivity index (χ1v) is 33.1. The zero-order valence-corrected chi connectivity index (χ0v) is 57.9. The smallest absolute Gasteiger partial charge is 0.343 e. The summed E-state index contributed by atoms with van der Waals surface area (Å²) < 4.78 is 42.7. The van der Waals surface area contributed by atoms with Crippen molar-refractivity contribution in [3.63, 3.8) is 0 Å². The van der Waals surface area contributed by atoms with Gasteiger partial charge in [-0.1, -0.05) is 90.6 Å². The second-order valence-corrected chi connectivity index (χ2v) is 30.3. The Balaban J connectivity index is 0.882. The number of nitrogens with zero attached hydrogens (tertiary/aromatic N) is 2. The van der Waals surface area contributed by atoms with Crippen molar-refractivity contribution in [3.05, 3.63) is 143 Å². The van der Waals surface area contributed by atoms with Crippen molar-refractivity contribution < 1.29 is 57.4 Å². The molecule has 0 aromatic heterocycles. The summed E-state index contributed by atoms with van der Waals surface area (Å²) in [5.41, 5.74) is 0.674. The highest BCUT2D eigenvalue weighted by Crippen LogP contribution is 2.46. The molecule has 14 nitrogen and oxygen atoms in total. The summed E-state index contributed by atoms with van der Waals surface area (Å²) >= 11 is 0. The Labute approximate surface area is 544 Å². The van der Waals surface area contributed by atoms with E-state index in [-0.39, 0.29) is 40.7 Å². The molecular formula is C77H106N2O12. The summed E-state index contributed by atoms with van der Waals surface area (Å²) in [4.78, 5) is 61.3. The van der Waals surface area contributed by atoms with Crippen LogP contribution in [-0.4, -0.2) is 107 Å². The van der Waals surface area contributed by atoms with Crippen molar-refractivity contribution >= 4 is 23.9 Å². The van der Waals surface area contributed by atoms with E-state index in [1.807, 2.05) is 55.5 Å². The van der Waals surface area contributed by atoms with E-state index < -0.39 is 52.3 Å². The van der Waals surface area contributed by atoms with Gasteiger partial charge in [-0.25, -0.2) is 9.59 Å². The van der Waals surface area contributed by atoms with Gasteiger partial charge in [0, 0.05) is 47.8 Å². The van der Waals surface area contributed by atoms with E-state index in [0.29, 0.717) is 80.3 Å². The second kappa shape index (κ2) is 29.8. The molecule has 91 heavy (non-hydrogen) atoms. The van der Waals surface area contributed by atoms with E-state index in [0.717, 1.165) is 78.7 Å². The number of esters is 4. The molecule has 5 aromatic rings. The predicted molar refractivity (Wildman–Crippen MR) is 360 cm³/mol. The number of benzene rings is 5. The number of ether oxygens (including phenoxy) is 7. The minimum atomic E-state index is -1.66. The fourth-order valence-electron chi connectivity index (χ4n) is 13.0. The van der Waals surface area contributed by atoms with Gasteiger partial charge in [0.05, 0.1) is 30.9 Å². The number of hydrogen-bond donors (Lipinski definition) is 1. The zero-order chi connectivity index (χ0) is 66.7. The van der Waals surface area contributed by atoms with Crippen molar-refractivity contribution in [2.45, 2.75) is 239 Å². The topological polar surface area (TPSA) is 160 Å². The van der Waals surface area contributed by atoms with E-state index in [2.05, 4.69) is 121 Å². The van der Waals surface area contributed by atoms with Crippen LogP contribution < -0.4 is 23.7 Å². The fraction of sp³-hybridized carbons (Fsp3) is 0.558. The highest BCUT2D eigenvalue weighted by atomic mass is 16.6. The third kappa shape index (κ3) is 19.3. The van der Waals surface area contributed by atoms with Gasteiger partial charge in [0.25, 0.3) is 0 Å². The van der Waals surface area contributed by atoms with Crippen molar-refractivity contribution in [1.29, 1.82) is 0 Å². The Morgan fingerprint density at radius 2 is 0.769 bits per heavy atom. The molecular weight excluding hydrogens is 1140 g/mol. The van der Waals surface area contributed by atoms with Gasteiger partial charge in [-0.05, 0) is 234 Å². The lowest BCUT2D eigenvalue weighted by molar-refractivity contribution is -0.188. The summed E-state index contributed by atoms with van der Waals surface area (Å²) in [5.74, 6) is 1.08. The molecule has 2 aliphatic rings. The van der Waals surface area contributed by atoms with E-state index in [9.17, 15) is 14.7 Å². The molecule has 496 valence electrons. The lowest BCUT2D eigenvalue weighted by Crippen LogP contribution is -2.61. The van der Waals surface area contributed by atoms with Gasteiger partial charge in [0.15, 0.2) is 5.41 Å². The van der Waals surface area contributed by atoms with E-state index >= 15 is 9.59 Å². The number of hydrogen-bond acceptors (Lipinski definition) is 14. The van der Waals surface area contributed by atoms with Crippen LogP contribution in [0.5, 0.6) is 34.5 Å². The Morgan fingerprint density at radius 3 is 1.11 bits per heavy atom. The quantitative estimate of drug-likeness (QED) is 0.0229. The Morgan fingerprint density at radius 1 is 0.462 bits per heavy atom. The molecule has 0 bridgehead atoms. The maximum absolute atomic E-state index is 15.6. The molecule has 2 aliphatic heterocycles. The van der Waals surface area contributed by atoms with Crippen LogP contribution >= 0.6 is 0 Å². The maximum Gasteiger partial charge on any atom is 0.343 e. The van der Waals surface area contributed by atoms with Crippen molar-refractivity contribution in [2.75, 3.05) is 33.9 Å². The second-order valence-electron chi connectivity index (χ2n) is 30.3. The van der Waals surface area contributed by atoms with Crippen LogP contribution in [0.2, 0.25) is 0 Å². The number of piperidine rings is 2. The number of carbonyl (C=O) groups is 4.